The van der Waals surface area contributed by atoms with E-state index < -0.39 is 0 Å². The van der Waals surface area contributed by atoms with Crippen molar-refractivity contribution >= 4 is 5.82 Å². The van der Waals surface area contributed by atoms with Gasteiger partial charge in [-0.2, -0.15) is 0 Å². The van der Waals surface area contributed by atoms with Crippen LogP contribution in [0.4, 0.5) is 5.82 Å². The maximum absolute atomic E-state index is 5.10. The molecule has 0 atom stereocenters. The van der Waals surface area contributed by atoms with E-state index in [-0.39, 0.29) is 0 Å². The molecule has 0 radical (unpaired) electrons. The summed E-state index contributed by atoms with van der Waals surface area (Å²) in [6, 6.07) is 3.68. The van der Waals surface area contributed by atoms with Crippen molar-refractivity contribution in [3.63, 3.8) is 0 Å². The minimum atomic E-state index is 0.587. The fourth-order valence-electron chi connectivity index (χ4n) is 0.904. The van der Waals surface area contributed by atoms with Gasteiger partial charge in [-0.1, -0.05) is 5.92 Å². The molecule has 1 rings (SSSR count). The van der Waals surface area contributed by atoms with Crippen molar-refractivity contribution in [1.29, 1.82) is 0 Å². The van der Waals surface area contributed by atoms with Crippen LogP contribution in [-0.4, -0.2) is 18.6 Å². The van der Waals surface area contributed by atoms with E-state index in [0.29, 0.717) is 6.54 Å². The number of pyridine rings is 1. The Hall–Kier alpha value is -1.69. The first-order chi connectivity index (χ1) is 6.38. The number of hydrogen-bond acceptors (Lipinski definition) is 3. The highest BCUT2D eigenvalue weighted by molar-refractivity contribution is 5.49. The molecule has 1 aromatic heterocycles. The molecule has 1 heterocycles. The van der Waals surface area contributed by atoms with Crippen LogP contribution < -0.4 is 10.1 Å². The Morgan fingerprint density at radius 1 is 1.62 bits per heavy atom. The maximum Gasteiger partial charge on any atom is 0.169 e. The third kappa shape index (κ3) is 2.68. The summed E-state index contributed by atoms with van der Waals surface area (Å²) in [5.41, 5.74) is 0. The number of nitrogens with zero attached hydrogens (tertiary/aromatic N) is 1. The molecule has 0 saturated heterocycles. The Kier molecular flexibility index (Phi) is 3.65. The zero-order valence-electron chi connectivity index (χ0n) is 7.79. The number of hydrogen-bond donors (Lipinski definition) is 1. The van der Waals surface area contributed by atoms with Gasteiger partial charge in [-0.15, -0.1) is 5.92 Å². The largest absolute Gasteiger partial charge is 0.493 e. The molecule has 0 aliphatic carbocycles. The summed E-state index contributed by atoms with van der Waals surface area (Å²) >= 11 is 0. The fourth-order valence-corrected chi connectivity index (χ4v) is 0.904. The van der Waals surface area contributed by atoms with Crippen LogP contribution in [0.5, 0.6) is 5.75 Å². The lowest BCUT2D eigenvalue weighted by Gasteiger charge is -2.06. The molecule has 0 spiro atoms. The molecule has 68 valence electrons. The average Bonchev–Trinajstić information content (AvgIpc) is 2.19. The van der Waals surface area contributed by atoms with Crippen LogP contribution in [-0.2, 0) is 0 Å². The molecule has 1 aromatic rings. The molecule has 0 fully saturated rings. The second kappa shape index (κ2) is 5.04. The number of methoxy groups -OCH3 is 1. The summed E-state index contributed by atoms with van der Waals surface area (Å²) in [4.78, 5) is 4.12. The highest BCUT2D eigenvalue weighted by Gasteiger charge is 1.99. The summed E-state index contributed by atoms with van der Waals surface area (Å²) < 4.78 is 5.10. The van der Waals surface area contributed by atoms with Crippen LogP contribution in [0.15, 0.2) is 18.3 Å². The maximum atomic E-state index is 5.10. The van der Waals surface area contributed by atoms with E-state index in [0.717, 1.165) is 11.6 Å². The monoisotopic (exact) mass is 176 g/mol. The van der Waals surface area contributed by atoms with E-state index in [9.17, 15) is 0 Å². The van der Waals surface area contributed by atoms with E-state index in [2.05, 4.69) is 22.1 Å². The lowest BCUT2D eigenvalue weighted by molar-refractivity contribution is 0.415. The fraction of sp³-hybridized carbons (Fsp3) is 0.300. The predicted molar refractivity (Wildman–Crippen MR) is 52.7 cm³/mol. The topological polar surface area (TPSA) is 34.2 Å². The molecule has 3 heteroatoms. The quantitative estimate of drug-likeness (QED) is 0.709. The Morgan fingerprint density at radius 3 is 3.15 bits per heavy atom. The Morgan fingerprint density at radius 2 is 2.46 bits per heavy atom. The molecule has 0 unspecified atom stereocenters. The minimum absolute atomic E-state index is 0.587. The first-order valence-corrected chi connectivity index (χ1v) is 4.01. The highest BCUT2D eigenvalue weighted by atomic mass is 16.5. The third-order valence-corrected chi connectivity index (χ3v) is 1.51. The molecule has 13 heavy (non-hydrogen) atoms. The molecule has 0 aromatic carbocycles. The number of rotatable bonds is 3. The summed E-state index contributed by atoms with van der Waals surface area (Å²) in [6.07, 6.45) is 1.71. The zero-order chi connectivity index (χ0) is 9.52. The van der Waals surface area contributed by atoms with Gasteiger partial charge in [-0.05, 0) is 19.1 Å². The van der Waals surface area contributed by atoms with Crippen molar-refractivity contribution in [2.45, 2.75) is 6.92 Å². The van der Waals surface area contributed by atoms with E-state index in [1.165, 1.54) is 0 Å². The van der Waals surface area contributed by atoms with Crippen molar-refractivity contribution in [3.8, 4) is 17.6 Å². The summed E-state index contributed by atoms with van der Waals surface area (Å²) in [7, 11) is 1.62. The summed E-state index contributed by atoms with van der Waals surface area (Å²) in [5.74, 6) is 7.15. The molecule has 3 nitrogen and oxygen atoms in total. The van der Waals surface area contributed by atoms with Gasteiger partial charge in [0.25, 0.3) is 0 Å². The van der Waals surface area contributed by atoms with E-state index >= 15 is 0 Å². The molecular weight excluding hydrogens is 164 g/mol. The zero-order valence-corrected chi connectivity index (χ0v) is 7.79. The van der Waals surface area contributed by atoms with Gasteiger partial charge < -0.3 is 10.1 Å². The van der Waals surface area contributed by atoms with E-state index in [1.54, 1.807) is 20.2 Å². The van der Waals surface area contributed by atoms with Crippen LogP contribution in [0.2, 0.25) is 0 Å². The molecule has 0 saturated carbocycles. The highest BCUT2D eigenvalue weighted by Crippen LogP contribution is 2.19. The number of nitrogens with one attached hydrogen (secondary N) is 1. The van der Waals surface area contributed by atoms with Crippen molar-refractivity contribution in [3.05, 3.63) is 18.3 Å². The lowest BCUT2D eigenvalue weighted by atomic mass is 10.4. The van der Waals surface area contributed by atoms with Crippen molar-refractivity contribution in [2.75, 3.05) is 19.0 Å². The number of aromatic nitrogens is 1. The third-order valence-electron chi connectivity index (χ3n) is 1.51. The Bertz CT molecular complexity index is 325. The van der Waals surface area contributed by atoms with Gasteiger partial charge in [0.05, 0.1) is 13.7 Å². The molecule has 0 aliphatic heterocycles. The lowest BCUT2D eigenvalue weighted by Crippen LogP contribution is -2.02. The number of anilines is 1. The first-order valence-electron chi connectivity index (χ1n) is 4.01. The Labute approximate surface area is 78.1 Å². The van der Waals surface area contributed by atoms with Gasteiger partial charge in [0.15, 0.2) is 11.6 Å². The standard InChI is InChI=1S/C10H12N2O/c1-3-4-7-11-10-9(13-2)6-5-8-12-10/h5-6,8H,7H2,1-2H3,(H,11,12). The number of ether oxygens (including phenoxy) is 1. The van der Waals surface area contributed by atoms with E-state index in [1.807, 2.05) is 12.1 Å². The second-order valence-electron chi connectivity index (χ2n) is 2.33. The normalized spacial score (nSPS) is 8.46. The van der Waals surface area contributed by atoms with Crippen LogP contribution in [0.3, 0.4) is 0 Å². The minimum Gasteiger partial charge on any atom is -0.493 e. The molecule has 0 amide bonds. The van der Waals surface area contributed by atoms with Crippen LogP contribution in [0, 0.1) is 11.8 Å². The summed E-state index contributed by atoms with van der Waals surface area (Å²) in [6.45, 7) is 2.39. The predicted octanol–water partition coefficient (Wildman–Crippen LogP) is 1.53. The van der Waals surface area contributed by atoms with Crippen LogP contribution in [0.25, 0.3) is 0 Å². The van der Waals surface area contributed by atoms with Gasteiger partial charge in [0.2, 0.25) is 0 Å². The van der Waals surface area contributed by atoms with Gasteiger partial charge in [-0.25, -0.2) is 4.98 Å². The van der Waals surface area contributed by atoms with Gasteiger partial charge >= 0.3 is 0 Å². The van der Waals surface area contributed by atoms with Crippen molar-refractivity contribution in [1.82, 2.24) is 4.98 Å². The second-order valence-corrected chi connectivity index (χ2v) is 2.33. The summed E-state index contributed by atoms with van der Waals surface area (Å²) in [5, 5.41) is 3.06. The smallest absolute Gasteiger partial charge is 0.169 e. The van der Waals surface area contributed by atoms with Crippen LogP contribution >= 0.6 is 0 Å². The van der Waals surface area contributed by atoms with Gasteiger partial charge in [-0.3, -0.25) is 0 Å². The van der Waals surface area contributed by atoms with Gasteiger partial charge in [0.1, 0.15) is 0 Å². The molecule has 1 N–H and O–H groups in total. The van der Waals surface area contributed by atoms with Crippen LogP contribution in [0.1, 0.15) is 6.92 Å². The molecular formula is C10H12N2O. The average molecular weight is 176 g/mol. The van der Waals surface area contributed by atoms with Crippen molar-refractivity contribution < 1.29 is 4.74 Å². The van der Waals surface area contributed by atoms with E-state index in [4.69, 9.17) is 4.74 Å². The SMILES string of the molecule is CC#CCNc1ncccc1OC. The van der Waals surface area contributed by atoms with Gasteiger partial charge in [0, 0.05) is 6.20 Å². The molecule has 0 bridgehead atoms. The molecule has 0 aliphatic rings. The Balaban J connectivity index is 2.67. The van der Waals surface area contributed by atoms with Crippen molar-refractivity contribution in [2.24, 2.45) is 0 Å². The first kappa shape index (κ1) is 9.40.